The number of ether oxygens (including phenoxy) is 1. The number of esters is 1. The highest BCUT2D eigenvalue weighted by Gasteiger charge is 2.38. The number of carbonyl (C=O) groups is 1. The van der Waals surface area contributed by atoms with Crippen LogP contribution in [0.15, 0.2) is 0 Å². The second-order valence-electron chi connectivity index (χ2n) is 4.38. The van der Waals surface area contributed by atoms with Gasteiger partial charge in [0.2, 0.25) is 0 Å². The van der Waals surface area contributed by atoms with E-state index in [2.05, 4.69) is 13.8 Å². The molecule has 0 radical (unpaired) electrons. The first-order valence-electron chi connectivity index (χ1n) is 4.33. The number of hydrogen-bond acceptors (Lipinski definition) is 3. The summed E-state index contributed by atoms with van der Waals surface area (Å²) in [6.45, 7) is 5.73. The Kier molecular flexibility index (Phi) is 4.20. The van der Waals surface area contributed by atoms with Crippen molar-refractivity contribution in [2.24, 2.45) is 11.1 Å². The first-order valence-corrected chi connectivity index (χ1v) is 4.33. The molecule has 2 unspecified atom stereocenters. The van der Waals surface area contributed by atoms with Gasteiger partial charge in [-0.15, -0.1) is 12.4 Å². The molecule has 0 heterocycles. The summed E-state index contributed by atoms with van der Waals surface area (Å²) >= 11 is 0. The van der Waals surface area contributed by atoms with Crippen molar-refractivity contribution in [2.75, 3.05) is 0 Å². The van der Waals surface area contributed by atoms with Crippen molar-refractivity contribution in [3.8, 4) is 0 Å². The van der Waals surface area contributed by atoms with E-state index < -0.39 is 0 Å². The van der Waals surface area contributed by atoms with Gasteiger partial charge in [0.15, 0.2) is 0 Å². The number of nitrogens with two attached hydrogens (primary N) is 1. The average Bonchev–Trinajstić information content (AvgIpc) is 2.03. The molecule has 1 aliphatic carbocycles. The molecule has 1 rings (SSSR count). The van der Waals surface area contributed by atoms with E-state index in [1.54, 1.807) is 0 Å². The second kappa shape index (κ2) is 4.29. The Hall–Kier alpha value is -0.280. The van der Waals surface area contributed by atoms with Gasteiger partial charge in [-0.1, -0.05) is 13.8 Å². The predicted octanol–water partition coefficient (Wildman–Crippen LogP) is 1.49. The van der Waals surface area contributed by atoms with E-state index in [1.165, 1.54) is 6.92 Å². The summed E-state index contributed by atoms with van der Waals surface area (Å²) in [4.78, 5) is 10.7. The summed E-state index contributed by atoms with van der Waals surface area (Å²) in [5, 5.41) is 0. The van der Waals surface area contributed by atoms with Gasteiger partial charge < -0.3 is 10.5 Å². The minimum Gasteiger partial charge on any atom is -0.461 e. The molecular formula is C9H18ClNO2. The fourth-order valence-electron chi connectivity index (χ4n) is 1.89. The van der Waals surface area contributed by atoms with Crippen LogP contribution in [0.3, 0.4) is 0 Å². The van der Waals surface area contributed by atoms with Gasteiger partial charge in [0, 0.05) is 13.0 Å². The van der Waals surface area contributed by atoms with Crippen molar-refractivity contribution in [1.29, 1.82) is 0 Å². The SMILES string of the molecule is CC(=O)OC1CC(C)(C)CC1N.Cl. The van der Waals surface area contributed by atoms with Crippen LogP contribution in [0.2, 0.25) is 0 Å². The third kappa shape index (κ3) is 3.53. The summed E-state index contributed by atoms with van der Waals surface area (Å²) in [6.07, 6.45) is 1.75. The van der Waals surface area contributed by atoms with E-state index in [-0.39, 0.29) is 35.9 Å². The van der Waals surface area contributed by atoms with Gasteiger partial charge in [-0.05, 0) is 18.3 Å². The lowest BCUT2D eigenvalue weighted by atomic mass is 9.92. The maximum Gasteiger partial charge on any atom is 0.302 e. The molecule has 0 aromatic rings. The molecule has 0 amide bonds. The Morgan fingerprint density at radius 3 is 2.31 bits per heavy atom. The quantitative estimate of drug-likeness (QED) is 0.663. The van der Waals surface area contributed by atoms with E-state index in [4.69, 9.17) is 10.5 Å². The lowest BCUT2D eigenvalue weighted by Gasteiger charge is -2.16. The Morgan fingerprint density at radius 1 is 1.46 bits per heavy atom. The molecule has 1 fully saturated rings. The van der Waals surface area contributed by atoms with Gasteiger partial charge >= 0.3 is 5.97 Å². The molecule has 0 bridgehead atoms. The molecule has 4 heteroatoms. The van der Waals surface area contributed by atoms with Crippen LogP contribution in [-0.4, -0.2) is 18.1 Å². The first kappa shape index (κ1) is 12.7. The molecule has 13 heavy (non-hydrogen) atoms. The van der Waals surface area contributed by atoms with Crippen LogP contribution < -0.4 is 5.73 Å². The Bertz CT molecular complexity index is 194. The molecule has 2 atom stereocenters. The van der Waals surface area contributed by atoms with Crippen LogP contribution in [0.5, 0.6) is 0 Å². The number of halogens is 1. The van der Waals surface area contributed by atoms with Crippen LogP contribution >= 0.6 is 12.4 Å². The molecule has 0 aromatic heterocycles. The molecular weight excluding hydrogens is 190 g/mol. The van der Waals surface area contributed by atoms with Crippen molar-refractivity contribution in [3.63, 3.8) is 0 Å². The lowest BCUT2D eigenvalue weighted by Crippen LogP contribution is -2.32. The third-order valence-corrected chi connectivity index (χ3v) is 2.34. The van der Waals surface area contributed by atoms with E-state index in [0.29, 0.717) is 0 Å². The third-order valence-electron chi connectivity index (χ3n) is 2.34. The molecule has 0 aromatic carbocycles. The van der Waals surface area contributed by atoms with Crippen molar-refractivity contribution in [3.05, 3.63) is 0 Å². The van der Waals surface area contributed by atoms with E-state index in [0.717, 1.165) is 12.8 Å². The Balaban J connectivity index is 0.00000144. The minimum atomic E-state index is -0.229. The molecule has 1 aliphatic rings. The standard InChI is InChI=1S/C9H17NO2.ClH/c1-6(11)12-8-5-9(2,3)4-7(8)10;/h7-8H,4-5,10H2,1-3H3;1H. The highest BCUT2D eigenvalue weighted by molar-refractivity contribution is 5.85. The summed E-state index contributed by atoms with van der Waals surface area (Å²) in [7, 11) is 0. The fourth-order valence-corrected chi connectivity index (χ4v) is 1.89. The topological polar surface area (TPSA) is 52.3 Å². The smallest absolute Gasteiger partial charge is 0.302 e. The number of carbonyl (C=O) groups excluding carboxylic acids is 1. The maximum atomic E-state index is 10.7. The zero-order valence-electron chi connectivity index (χ0n) is 8.37. The Morgan fingerprint density at radius 2 is 2.00 bits per heavy atom. The monoisotopic (exact) mass is 207 g/mol. The average molecular weight is 208 g/mol. The molecule has 78 valence electrons. The van der Waals surface area contributed by atoms with Crippen molar-refractivity contribution >= 4 is 18.4 Å². The molecule has 0 saturated heterocycles. The van der Waals surface area contributed by atoms with Crippen LogP contribution in [0.25, 0.3) is 0 Å². The van der Waals surface area contributed by atoms with Gasteiger partial charge in [-0.25, -0.2) is 0 Å². The summed E-state index contributed by atoms with van der Waals surface area (Å²) < 4.78 is 5.10. The number of hydrogen-bond donors (Lipinski definition) is 1. The summed E-state index contributed by atoms with van der Waals surface area (Å²) in [6, 6.07) is 0.0175. The van der Waals surface area contributed by atoms with Gasteiger partial charge in [0.1, 0.15) is 6.10 Å². The second-order valence-corrected chi connectivity index (χ2v) is 4.38. The molecule has 3 nitrogen and oxygen atoms in total. The van der Waals surface area contributed by atoms with E-state index in [1.807, 2.05) is 0 Å². The largest absolute Gasteiger partial charge is 0.461 e. The normalized spacial score (nSPS) is 30.8. The van der Waals surface area contributed by atoms with Gasteiger partial charge in [0.25, 0.3) is 0 Å². The van der Waals surface area contributed by atoms with Crippen molar-refractivity contribution in [1.82, 2.24) is 0 Å². The highest BCUT2D eigenvalue weighted by Crippen LogP contribution is 2.37. The van der Waals surface area contributed by atoms with Crippen LogP contribution in [-0.2, 0) is 9.53 Å². The van der Waals surface area contributed by atoms with Gasteiger partial charge in [-0.3, -0.25) is 4.79 Å². The highest BCUT2D eigenvalue weighted by atomic mass is 35.5. The van der Waals surface area contributed by atoms with Crippen molar-refractivity contribution < 1.29 is 9.53 Å². The number of rotatable bonds is 1. The maximum absolute atomic E-state index is 10.7. The van der Waals surface area contributed by atoms with E-state index in [9.17, 15) is 4.79 Å². The first-order chi connectivity index (χ1) is 5.41. The van der Waals surface area contributed by atoms with Gasteiger partial charge in [0.05, 0.1) is 0 Å². The zero-order chi connectivity index (χ0) is 9.35. The molecule has 1 saturated carbocycles. The summed E-state index contributed by atoms with van der Waals surface area (Å²) in [5.41, 5.74) is 6.05. The minimum absolute atomic E-state index is 0. The molecule has 0 spiro atoms. The van der Waals surface area contributed by atoms with Crippen LogP contribution in [0, 0.1) is 5.41 Å². The molecule has 2 N–H and O–H groups in total. The summed E-state index contributed by atoms with van der Waals surface area (Å²) in [5.74, 6) is -0.229. The van der Waals surface area contributed by atoms with Crippen molar-refractivity contribution in [2.45, 2.75) is 45.8 Å². The molecule has 0 aliphatic heterocycles. The predicted molar refractivity (Wildman–Crippen MR) is 53.8 cm³/mol. The van der Waals surface area contributed by atoms with Crippen LogP contribution in [0.1, 0.15) is 33.6 Å². The van der Waals surface area contributed by atoms with Crippen LogP contribution in [0.4, 0.5) is 0 Å². The lowest BCUT2D eigenvalue weighted by molar-refractivity contribution is -0.146. The fraction of sp³-hybridized carbons (Fsp3) is 0.889. The Labute approximate surface area is 85.4 Å². The van der Waals surface area contributed by atoms with E-state index >= 15 is 0 Å². The van der Waals surface area contributed by atoms with Gasteiger partial charge in [-0.2, -0.15) is 0 Å². The zero-order valence-corrected chi connectivity index (χ0v) is 9.19.